The first-order chi connectivity index (χ1) is 10.2. The van der Waals surface area contributed by atoms with Crippen molar-refractivity contribution >= 4 is 22.3 Å². The number of likely N-dealkylation sites (tertiary alicyclic amines) is 1. The van der Waals surface area contributed by atoms with Gasteiger partial charge in [0.05, 0.1) is 12.8 Å². The first-order valence-corrected chi connectivity index (χ1v) is 7.94. The average Bonchev–Trinajstić information content (AvgIpc) is 3.07. The van der Waals surface area contributed by atoms with Crippen LogP contribution in [0, 0.1) is 5.92 Å². The number of piperidine rings is 1. The van der Waals surface area contributed by atoms with Gasteiger partial charge in [0, 0.05) is 24.3 Å². The second kappa shape index (κ2) is 6.13. The molecule has 1 fully saturated rings. The number of aromatic nitrogens is 2. The van der Waals surface area contributed by atoms with Crippen molar-refractivity contribution in [2.45, 2.75) is 25.5 Å². The van der Waals surface area contributed by atoms with Crippen LogP contribution in [0.4, 0.5) is 0 Å². The minimum absolute atomic E-state index is 0.000749. The molecule has 7 heteroatoms. The van der Waals surface area contributed by atoms with E-state index in [2.05, 4.69) is 20.8 Å². The molecule has 114 valence electrons. The van der Waals surface area contributed by atoms with Gasteiger partial charge in [-0.25, -0.2) is 9.78 Å². The highest BCUT2D eigenvalue weighted by molar-refractivity contribution is 7.15. The highest BCUT2D eigenvalue weighted by Crippen LogP contribution is 2.23. The van der Waals surface area contributed by atoms with Crippen molar-refractivity contribution in [3.63, 3.8) is 0 Å². The minimum atomic E-state index is -0.991. The smallest absolute Gasteiger partial charge is 0.334 e. The number of fused-ring (bicyclic) bond motifs is 1. The summed E-state index contributed by atoms with van der Waals surface area (Å²) in [4.78, 5) is 19.3. The second-order valence-electron chi connectivity index (χ2n) is 5.41. The molecule has 0 spiro atoms. The van der Waals surface area contributed by atoms with Gasteiger partial charge in [0.15, 0.2) is 11.1 Å². The molecule has 3 rings (SSSR count). The van der Waals surface area contributed by atoms with E-state index in [1.54, 1.807) is 11.3 Å². The Bertz CT molecular complexity index is 587. The topological polar surface area (TPSA) is 67.1 Å². The Hall–Kier alpha value is -1.44. The number of aliphatic hydroxyl groups is 1. The lowest BCUT2D eigenvalue weighted by Crippen LogP contribution is -2.40. The lowest BCUT2D eigenvalue weighted by Gasteiger charge is -2.32. The molecule has 2 aromatic heterocycles. The fourth-order valence-electron chi connectivity index (χ4n) is 2.82. The second-order valence-corrected chi connectivity index (χ2v) is 6.28. The van der Waals surface area contributed by atoms with Crippen molar-refractivity contribution < 1.29 is 14.6 Å². The van der Waals surface area contributed by atoms with E-state index in [0.29, 0.717) is 0 Å². The molecule has 0 amide bonds. The van der Waals surface area contributed by atoms with Crippen molar-refractivity contribution in [1.82, 2.24) is 14.3 Å². The molecule has 1 atom stereocenters. The fraction of sp³-hybridized carbons (Fsp3) is 0.571. The van der Waals surface area contributed by atoms with Crippen LogP contribution in [0.2, 0.25) is 0 Å². The van der Waals surface area contributed by atoms with E-state index in [-0.39, 0.29) is 5.92 Å². The molecular weight excluding hydrogens is 290 g/mol. The number of nitrogens with zero attached hydrogens (tertiary/aromatic N) is 3. The van der Waals surface area contributed by atoms with Gasteiger partial charge in [-0.3, -0.25) is 9.30 Å². The van der Waals surface area contributed by atoms with E-state index >= 15 is 0 Å². The van der Waals surface area contributed by atoms with Gasteiger partial charge in [0.25, 0.3) is 0 Å². The number of rotatable bonds is 4. The van der Waals surface area contributed by atoms with Crippen LogP contribution in [0.1, 0.15) is 18.5 Å². The van der Waals surface area contributed by atoms with Gasteiger partial charge in [-0.2, -0.15) is 0 Å². The first kappa shape index (κ1) is 14.5. The highest BCUT2D eigenvalue weighted by Gasteiger charge is 2.30. The molecule has 0 radical (unpaired) electrons. The minimum Gasteiger partial charge on any atom is -0.467 e. The fourth-order valence-corrected chi connectivity index (χ4v) is 3.54. The molecule has 1 unspecified atom stereocenters. The summed E-state index contributed by atoms with van der Waals surface area (Å²) in [6.07, 6.45) is 4.68. The van der Waals surface area contributed by atoms with Crippen LogP contribution in [0.3, 0.4) is 0 Å². The zero-order chi connectivity index (χ0) is 14.8. The van der Waals surface area contributed by atoms with Crippen LogP contribution in [-0.2, 0) is 16.1 Å². The van der Waals surface area contributed by atoms with Crippen LogP contribution in [0.15, 0.2) is 17.8 Å². The van der Waals surface area contributed by atoms with Gasteiger partial charge in [-0.1, -0.05) is 0 Å². The number of esters is 1. The summed E-state index contributed by atoms with van der Waals surface area (Å²) >= 11 is 1.63. The maximum absolute atomic E-state index is 11.4. The van der Waals surface area contributed by atoms with Crippen LogP contribution in [-0.4, -0.2) is 51.7 Å². The number of hydrogen-bond acceptors (Lipinski definition) is 6. The monoisotopic (exact) mass is 309 g/mol. The van der Waals surface area contributed by atoms with Gasteiger partial charge in [0.2, 0.25) is 0 Å². The summed E-state index contributed by atoms with van der Waals surface area (Å²) in [5.74, 6) is -0.526. The van der Waals surface area contributed by atoms with E-state index in [4.69, 9.17) is 0 Å². The number of methoxy groups -OCH3 is 1. The number of thiazole rings is 1. The van der Waals surface area contributed by atoms with Crippen LogP contribution >= 0.6 is 11.3 Å². The van der Waals surface area contributed by atoms with Gasteiger partial charge in [-0.05, 0) is 31.8 Å². The number of carbonyl (C=O) groups is 1. The Kier molecular flexibility index (Phi) is 4.23. The number of hydrogen-bond donors (Lipinski definition) is 1. The molecule has 21 heavy (non-hydrogen) atoms. The van der Waals surface area contributed by atoms with E-state index < -0.39 is 12.1 Å². The number of ether oxygens (including phenoxy) is 1. The summed E-state index contributed by atoms with van der Waals surface area (Å²) in [7, 11) is 1.31. The van der Waals surface area contributed by atoms with Crippen molar-refractivity contribution in [2.75, 3.05) is 20.2 Å². The quantitative estimate of drug-likeness (QED) is 0.858. The van der Waals surface area contributed by atoms with Gasteiger partial charge in [-0.15, -0.1) is 11.3 Å². The Morgan fingerprint density at radius 2 is 2.33 bits per heavy atom. The largest absolute Gasteiger partial charge is 0.467 e. The molecule has 6 nitrogen and oxygen atoms in total. The molecule has 1 aliphatic heterocycles. The van der Waals surface area contributed by atoms with Crippen LogP contribution in [0.25, 0.3) is 4.96 Å². The van der Waals surface area contributed by atoms with Crippen molar-refractivity contribution in [3.8, 4) is 0 Å². The third-order valence-corrected chi connectivity index (χ3v) is 4.82. The lowest BCUT2D eigenvalue weighted by molar-refractivity contribution is -0.154. The summed E-state index contributed by atoms with van der Waals surface area (Å²) in [6.45, 7) is 2.54. The maximum atomic E-state index is 11.4. The van der Waals surface area contributed by atoms with Crippen LogP contribution < -0.4 is 0 Å². The molecule has 0 bridgehead atoms. The summed E-state index contributed by atoms with van der Waals surface area (Å²) in [6, 6.07) is 0. The number of imidazole rings is 1. The standard InChI is InChI=1S/C14H19N3O3S/c1-20-13(19)12(18)10-2-4-16(5-3-10)8-11-9-17-6-7-21-14(17)15-11/h6-7,9-10,12,18H,2-5,8H2,1H3. The predicted octanol–water partition coefficient (Wildman–Crippen LogP) is 1.14. The lowest BCUT2D eigenvalue weighted by atomic mass is 9.91. The normalized spacial score (nSPS) is 19.0. The predicted molar refractivity (Wildman–Crippen MR) is 79.1 cm³/mol. The van der Waals surface area contributed by atoms with Crippen LogP contribution in [0.5, 0.6) is 0 Å². The van der Waals surface area contributed by atoms with E-state index in [1.807, 2.05) is 16.0 Å². The Morgan fingerprint density at radius 3 is 3.00 bits per heavy atom. The van der Waals surface area contributed by atoms with E-state index in [1.165, 1.54) is 7.11 Å². The summed E-state index contributed by atoms with van der Waals surface area (Å²) in [5.41, 5.74) is 1.06. The Balaban J connectivity index is 1.54. The SMILES string of the molecule is COC(=O)C(O)C1CCN(Cc2cn3ccsc3n2)CC1. The molecule has 1 aliphatic rings. The number of carbonyl (C=O) groups excluding carboxylic acids is 1. The summed E-state index contributed by atoms with van der Waals surface area (Å²) < 4.78 is 6.63. The molecular formula is C14H19N3O3S. The first-order valence-electron chi connectivity index (χ1n) is 7.06. The van der Waals surface area contributed by atoms with Crippen molar-refractivity contribution in [3.05, 3.63) is 23.5 Å². The third kappa shape index (κ3) is 3.09. The summed E-state index contributed by atoms with van der Waals surface area (Å²) in [5, 5.41) is 11.9. The Labute approximate surface area is 127 Å². The van der Waals surface area contributed by atoms with Gasteiger partial charge in [0.1, 0.15) is 0 Å². The zero-order valence-electron chi connectivity index (χ0n) is 11.9. The average molecular weight is 309 g/mol. The molecule has 2 aromatic rings. The molecule has 1 saturated heterocycles. The van der Waals surface area contributed by atoms with Crippen molar-refractivity contribution in [2.24, 2.45) is 5.92 Å². The molecule has 0 aliphatic carbocycles. The van der Waals surface area contributed by atoms with Gasteiger partial charge >= 0.3 is 5.97 Å². The third-order valence-electron chi connectivity index (χ3n) is 4.05. The molecule has 3 heterocycles. The molecule has 1 N–H and O–H groups in total. The number of aliphatic hydroxyl groups excluding tert-OH is 1. The maximum Gasteiger partial charge on any atom is 0.334 e. The van der Waals surface area contributed by atoms with Gasteiger partial charge < -0.3 is 9.84 Å². The zero-order valence-corrected chi connectivity index (χ0v) is 12.8. The molecule has 0 aromatic carbocycles. The van der Waals surface area contributed by atoms with E-state index in [9.17, 15) is 9.90 Å². The van der Waals surface area contributed by atoms with E-state index in [0.717, 1.165) is 43.1 Å². The Morgan fingerprint density at radius 1 is 1.57 bits per heavy atom. The molecule has 0 saturated carbocycles. The van der Waals surface area contributed by atoms with Crippen molar-refractivity contribution in [1.29, 1.82) is 0 Å². The highest BCUT2D eigenvalue weighted by atomic mass is 32.1.